The molecule has 5 rings (SSSR count). The van der Waals surface area contributed by atoms with Crippen LogP contribution in [-0.2, 0) is 11.2 Å². The number of aromatic nitrogens is 4. The molecule has 3 aromatic rings. The summed E-state index contributed by atoms with van der Waals surface area (Å²) >= 11 is 0. The van der Waals surface area contributed by atoms with Crippen molar-refractivity contribution >= 4 is 17.4 Å². The van der Waals surface area contributed by atoms with Crippen molar-refractivity contribution in [3.8, 4) is 0 Å². The van der Waals surface area contributed by atoms with Crippen LogP contribution < -0.4 is 4.90 Å². The highest BCUT2D eigenvalue weighted by Crippen LogP contribution is 2.38. The normalized spacial score (nSPS) is 17.3. The number of piperazine rings is 1. The maximum atomic E-state index is 13.0. The van der Waals surface area contributed by atoms with Gasteiger partial charge < -0.3 is 9.80 Å². The van der Waals surface area contributed by atoms with E-state index in [1.165, 1.54) is 12.1 Å². The Morgan fingerprint density at radius 2 is 1.75 bits per heavy atom. The highest BCUT2D eigenvalue weighted by molar-refractivity contribution is 5.79. The topological polar surface area (TPSA) is 66.6 Å². The van der Waals surface area contributed by atoms with E-state index in [9.17, 15) is 9.18 Å². The molecule has 144 valence electrons. The average Bonchev–Trinajstić information content (AvgIpc) is 3.48. The van der Waals surface area contributed by atoms with E-state index < -0.39 is 0 Å². The summed E-state index contributed by atoms with van der Waals surface area (Å²) in [7, 11) is 0. The van der Waals surface area contributed by atoms with Crippen LogP contribution in [0, 0.1) is 5.82 Å². The van der Waals surface area contributed by atoms with E-state index in [0.717, 1.165) is 48.8 Å². The third-order valence-electron chi connectivity index (χ3n) is 5.44. The molecular weight excluding hydrogens is 359 g/mol. The molecule has 7 nitrogen and oxygen atoms in total. The van der Waals surface area contributed by atoms with Crippen molar-refractivity contribution in [3.63, 3.8) is 0 Å². The summed E-state index contributed by atoms with van der Waals surface area (Å²) in [5.41, 5.74) is 1.61. The number of rotatable bonds is 4. The summed E-state index contributed by atoms with van der Waals surface area (Å²) in [5.74, 6) is 2.11. The smallest absolute Gasteiger partial charge is 0.227 e. The molecule has 1 saturated carbocycles. The van der Waals surface area contributed by atoms with Crippen LogP contribution >= 0.6 is 0 Å². The molecule has 2 fully saturated rings. The van der Waals surface area contributed by atoms with Gasteiger partial charge in [0.05, 0.1) is 6.42 Å². The highest BCUT2D eigenvalue weighted by atomic mass is 19.1. The minimum atomic E-state index is -0.285. The maximum Gasteiger partial charge on any atom is 0.227 e. The van der Waals surface area contributed by atoms with Gasteiger partial charge in [0.2, 0.25) is 5.91 Å². The van der Waals surface area contributed by atoms with Gasteiger partial charge in [-0.05, 0) is 42.7 Å². The SMILES string of the molecule is O=C(Cc1ccc(F)cc1)N1CCN(c2ccc3nnc(C4CC4)n3n2)CC1. The first-order chi connectivity index (χ1) is 13.7. The second kappa shape index (κ2) is 6.85. The third-order valence-corrected chi connectivity index (χ3v) is 5.44. The minimum absolute atomic E-state index is 0.0736. The number of hydrogen-bond acceptors (Lipinski definition) is 5. The summed E-state index contributed by atoms with van der Waals surface area (Å²) in [6.45, 7) is 2.76. The Morgan fingerprint density at radius 1 is 1.00 bits per heavy atom. The molecule has 0 spiro atoms. The van der Waals surface area contributed by atoms with E-state index in [0.29, 0.717) is 25.4 Å². The molecule has 1 aliphatic carbocycles. The molecule has 8 heteroatoms. The Balaban J connectivity index is 1.24. The lowest BCUT2D eigenvalue weighted by Gasteiger charge is -2.35. The van der Waals surface area contributed by atoms with Gasteiger partial charge in [0.15, 0.2) is 11.5 Å². The van der Waals surface area contributed by atoms with Crippen molar-refractivity contribution in [2.75, 3.05) is 31.1 Å². The minimum Gasteiger partial charge on any atom is -0.352 e. The number of halogens is 1. The molecule has 28 heavy (non-hydrogen) atoms. The third kappa shape index (κ3) is 3.30. The summed E-state index contributed by atoms with van der Waals surface area (Å²) < 4.78 is 14.9. The van der Waals surface area contributed by atoms with Gasteiger partial charge in [-0.25, -0.2) is 4.39 Å². The van der Waals surface area contributed by atoms with E-state index in [1.807, 2.05) is 21.5 Å². The number of carbonyl (C=O) groups is 1. The second-order valence-electron chi connectivity index (χ2n) is 7.47. The fourth-order valence-electron chi connectivity index (χ4n) is 3.63. The summed E-state index contributed by atoms with van der Waals surface area (Å²) in [5, 5.41) is 13.2. The quantitative estimate of drug-likeness (QED) is 0.693. The van der Waals surface area contributed by atoms with Gasteiger partial charge in [0.1, 0.15) is 11.6 Å². The Bertz CT molecular complexity index is 1010. The predicted molar refractivity (Wildman–Crippen MR) is 102 cm³/mol. The van der Waals surface area contributed by atoms with E-state index in [-0.39, 0.29) is 11.7 Å². The summed E-state index contributed by atoms with van der Waals surface area (Å²) in [6, 6.07) is 10.0. The Hall–Kier alpha value is -3.03. The van der Waals surface area contributed by atoms with Gasteiger partial charge in [0, 0.05) is 32.1 Å². The molecule has 0 N–H and O–H groups in total. The van der Waals surface area contributed by atoms with Crippen LogP contribution in [0.2, 0.25) is 0 Å². The molecule has 0 unspecified atom stereocenters. The van der Waals surface area contributed by atoms with Crippen molar-refractivity contribution in [2.24, 2.45) is 0 Å². The van der Waals surface area contributed by atoms with Gasteiger partial charge >= 0.3 is 0 Å². The summed E-state index contributed by atoms with van der Waals surface area (Å²) in [6.07, 6.45) is 2.61. The van der Waals surface area contributed by atoms with Gasteiger partial charge in [0.25, 0.3) is 0 Å². The number of anilines is 1. The van der Waals surface area contributed by atoms with Gasteiger partial charge in [-0.3, -0.25) is 4.79 Å². The lowest BCUT2D eigenvalue weighted by molar-refractivity contribution is -0.130. The standard InChI is InChI=1S/C20H21FN6O/c21-16-5-1-14(2-6-16)13-19(28)26-11-9-25(10-12-26)18-8-7-17-22-23-20(15-3-4-15)27(17)24-18/h1-2,5-8,15H,3-4,9-13H2. The number of hydrogen-bond donors (Lipinski definition) is 0. The Labute approximate surface area is 161 Å². The number of carbonyl (C=O) groups excluding carboxylic acids is 1. The van der Waals surface area contributed by atoms with Crippen LogP contribution in [0.3, 0.4) is 0 Å². The zero-order chi connectivity index (χ0) is 19.1. The molecule has 2 aromatic heterocycles. The fourth-order valence-corrected chi connectivity index (χ4v) is 3.63. The number of amides is 1. The van der Waals surface area contributed by atoms with Gasteiger partial charge in [-0.15, -0.1) is 15.3 Å². The fraction of sp³-hybridized carbons (Fsp3) is 0.400. The molecule has 0 radical (unpaired) electrons. The van der Waals surface area contributed by atoms with Gasteiger partial charge in [-0.1, -0.05) is 12.1 Å². The summed E-state index contributed by atoms with van der Waals surface area (Å²) in [4.78, 5) is 16.6. The van der Waals surface area contributed by atoms with Crippen molar-refractivity contribution in [1.82, 2.24) is 24.7 Å². The second-order valence-corrected chi connectivity index (χ2v) is 7.47. The first kappa shape index (κ1) is 17.1. The van der Waals surface area contributed by atoms with Crippen LogP contribution in [0.25, 0.3) is 5.65 Å². The predicted octanol–water partition coefficient (Wildman–Crippen LogP) is 2.03. The molecule has 2 aliphatic rings. The number of fused-ring (bicyclic) bond motifs is 1. The van der Waals surface area contributed by atoms with Crippen LogP contribution in [0.1, 0.15) is 30.1 Å². The Morgan fingerprint density at radius 3 is 2.46 bits per heavy atom. The zero-order valence-corrected chi connectivity index (χ0v) is 15.5. The molecule has 1 saturated heterocycles. The highest BCUT2D eigenvalue weighted by Gasteiger charge is 2.30. The van der Waals surface area contributed by atoms with Crippen molar-refractivity contribution < 1.29 is 9.18 Å². The first-order valence-electron chi connectivity index (χ1n) is 9.67. The number of benzene rings is 1. The zero-order valence-electron chi connectivity index (χ0n) is 15.5. The number of nitrogens with zero attached hydrogens (tertiary/aromatic N) is 6. The molecule has 1 amide bonds. The van der Waals surface area contributed by atoms with Crippen LogP contribution in [0.4, 0.5) is 10.2 Å². The first-order valence-corrected chi connectivity index (χ1v) is 9.67. The van der Waals surface area contributed by atoms with Crippen molar-refractivity contribution in [2.45, 2.75) is 25.2 Å². The van der Waals surface area contributed by atoms with E-state index in [4.69, 9.17) is 5.10 Å². The van der Waals surface area contributed by atoms with Crippen molar-refractivity contribution in [1.29, 1.82) is 0 Å². The van der Waals surface area contributed by atoms with Crippen molar-refractivity contribution in [3.05, 3.63) is 53.6 Å². The lowest BCUT2D eigenvalue weighted by Crippen LogP contribution is -2.49. The molecule has 0 atom stereocenters. The molecule has 1 aliphatic heterocycles. The monoisotopic (exact) mass is 380 g/mol. The van der Waals surface area contributed by atoms with Crippen LogP contribution in [-0.4, -0.2) is 56.8 Å². The van der Waals surface area contributed by atoms with Crippen LogP contribution in [0.5, 0.6) is 0 Å². The maximum absolute atomic E-state index is 13.0. The molecular formula is C20H21FN6O. The van der Waals surface area contributed by atoms with Crippen LogP contribution in [0.15, 0.2) is 36.4 Å². The largest absolute Gasteiger partial charge is 0.352 e. The molecule has 0 bridgehead atoms. The Kier molecular flexibility index (Phi) is 4.18. The average molecular weight is 380 g/mol. The lowest BCUT2D eigenvalue weighted by atomic mass is 10.1. The van der Waals surface area contributed by atoms with E-state index in [2.05, 4.69) is 15.1 Å². The molecule has 1 aromatic carbocycles. The van der Waals surface area contributed by atoms with E-state index >= 15 is 0 Å². The van der Waals surface area contributed by atoms with E-state index in [1.54, 1.807) is 12.1 Å². The molecule has 3 heterocycles. The van der Waals surface area contributed by atoms with Gasteiger partial charge in [-0.2, -0.15) is 4.52 Å².